The number of hydrogen-bond donors (Lipinski definition) is 1. The van der Waals surface area contributed by atoms with Crippen LogP contribution in [0.4, 0.5) is 0 Å². The molecule has 0 spiro atoms. The standard InChI is InChI=1S/C8H18N2O/c1-6(2)8(9)10-7(3)5-11-4/h6-7H,5H2,1-4H3,(H2,9,10). The molecule has 2 N–H and O–H groups in total. The molecule has 0 aromatic heterocycles. The second-order valence-corrected chi connectivity index (χ2v) is 3.01. The van der Waals surface area contributed by atoms with Crippen LogP contribution < -0.4 is 5.73 Å². The predicted molar refractivity (Wildman–Crippen MR) is 47.8 cm³/mol. The first-order valence-corrected chi connectivity index (χ1v) is 3.90. The summed E-state index contributed by atoms with van der Waals surface area (Å²) in [4.78, 5) is 4.24. The molecule has 3 nitrogen and oxygen atoms in total. The van der Waals surface area contributed by atoms with E-state index in [9.17, 15) is 0 Å². The number of ether oxygens (including phenoxy) is 1. The molecular formula is C8H18N2O. The van der Waals surface area contributed by atoms with Gasteiger partial charge in [0.15, 0.2) is 0 Å². The molecule has 0 aliphatic heterocycles. The van der Waals surface area contributed by atoms with Crippen LogP contribution in [0.3, 0.4) is 0 Å². The monoisotopic (exact) mass is 158 g/mol. The van der Waals surface area contributed by atoms with E-state index in [2.05, 4.69) is 4.99 Å². The fourth-order valence-electron chi connectivity index (χ4n) is 0.682. The van der Waals surface area contributed by atoms with Gasteiger partial charge in [0.1, 0.15) is 0 Å². The molecule has 0 aliphatic rings. The van der Waals surface area contributed by atoms with Gasteiger partial charge in [-0.1, -0.05) is 13.8 Å². The molecule has 3 heteroatoms. The highest BCUT2D eigenvalue weighted by molar-refractivity contribution is 5.82. The number of nitrogens with zero attached hydrogens (tertiary/aromatic N) is 1. The van der Waals surface area contributed by atoms with Gasteiger partial charge in [-0.2, -0.15) is 0 Å². The Labute approximate surface area is 68.6 Å². The van der Waals surface area contributed by atoms with Crippen LogP contribution in [0.1, 0.15) is 20.8 Å². The van der Waals surface area contributed by atoms with Gasteiger partial charge in [0.25, 0.3) is 0 Å². The highest BCUT2D eigenvalue weighted by atomic mass is 16.5. The Morgan fingerprint density at radius 2 is 2.00 bits per heavy atom. The molecule has 1 unspecified atom stereocenters. The quantitative estimate of drug-likeness (QED) is 0.491. The number of hydrogen-bond acceptors (Lipinski definition) is 2. The SMILES string of the molecule is COCC(C)N=C(N)C(C)C. The summed E-state index contributed by atoms with van der Waals surface area (Å²) < 4.78 is 4.92. The topological polar surface area (TPSA) is 47.6 Å². The summed E-state index contributed by atoms with van der Waals surface area (Å²) in [5.74, 6) is 1.03. The van der Waals surface area contributed by atoms with Gasteiger partial charge in [-0.05, 0) is 6.92 Å². The summed E-state index contributed by atoms with van der Waals surface area (Å²) in [5.41, 5.74) is 5.64. The second kappa shape index (κ2) is 5.13. The molecule has 0 heterocycles. The molecule has 0 aliphatic carbocycles. The molecule has 0 bridgehead atoms. The molecule has 0 fully saturated rings. The number of aliphatic imine (C=N–C) groups is 1. The third-order valence-corrected chi connectivity index (χ3v) is 1.37. The minimum atomic E-state index is 0.169. The van der Waals surface area contributed by atoms with Crippen molar-refractivity contribution in [3.05, 3.63) is 0 Å². The minimum Gasteiger partial charge on any atom is -0.387 e. The van der Waals surface area contributed by atoms with Gasteiger partial charge in [-0.25, -0.2) is 0 Å². The predicted octanol–water partition coefficient (Wildman–Crippen LogP) is 1.03. The van der Waals surface area contributed by atoms with Gasteiger partial charge in [-0.3, -0.25) is 4.99 Å². The van der Waals surface area contributed by atoms with Crippen LogP contribution in [0.2, 0.25) is 0 Å². The van der Waals surface area contributed by atoms with Gasteiger partial charge < -0.3 is 10.5 Å². The van der Waals surface area contributed by atoms with Crippen molar-refractivity contribution >= 4 is 5.84 Å². The van der Waals surface area contributed by atoms with E-state index in [0.717, 1.165) is 0 Å². The fraction of sp³-hybridized carbons (Fsp3) is 0.875. The molecule has 0 aromatic rings. The van der Waals surface area contributed by atoms with E-state index in [1.54, 1.807) is 7.11 Å². The van der Waals surface area contributed by atoms with E-state index in [1.807, 2.05) is 20.8 Å². The Bertz CT molecular complexity index is 132. The largest absolute Gasteiger partial charge is 0.387 e. The van der Waals surface area contributed by atoms with Crippen molar-refractivity contribution < 1.29 is 4.74 Å². The van der Waals surface area contributed by atoms with Crippen LogP contribution in [-0.4, -0.2) is 25.6 Å². The summed E-state index contributed by atoms with van der Waals surface area (Å²) >= 11 is 0. The van der Waals surface area contributed by atoms with Gasteiger partial charge in [0.05, 0.1) is 18.5 Å². The highest BCUT2D eigenvalue weighted by Crippen LogP contribution is 1.96. The van der Waals surface area contributed by atoms with E-state index in [4.69, 9.17) is 10.5 Å². The van der Waals surface area contributed by atoms with Crippen LogP contribution in [0, 0.1) is 5.92 Å². The lowest BCUT2D eigenvalue weighted by Crippen LogP contribution is -2.22. The van der Waals surface area contributed by atoms with Gasteiger partial charge in [-0.15, -0.1) is 0 Å². The molecule has 0 radical (unpaired) electrons. The maximum absolute atomic E-state index is 5.64. The fourth-order valence-corrected chi connectivity index (χ4v) is 0.682. The lowest BCUT2D eigenvalue weighted by Gasteiger charge is -2.08. The molecular weight excluding hydrogens is 140 g/mol. The van der Waals surface area contributed by atoms with E-state index in [1.165, 1.54) is 0 Å². The number of methoxy groups -OCH3 is 1. The Morgan fingerprint density at radius 1 is 1.45 bits per heavy atom. The zero-order chi connectivity index (χ0) is 8.85. The first kappa shape index (κ1) is 10.4. The first-order chi connectivity index (χ1) is 5.07. The molecule has 11 heavy (non-hydrogen) atoms. The van der Waals surface area contributed by atoms with Crippen molar-refractivity contribution in [2.75, 3.05) is 13.7 Å². The van der Waals surface area contributed by atoms with Crippen molar-refractivity contribution in [3.63, 3.8) is 0 Å². The van der Waals surface area contributed by atoms with E-state index >= 15 is 0 Å². The van der Waals surface area contributed by atoms with E-state index < -0.39 is 0 Å². The normalized spacial score (nSPS) is 15.5. The summed E-state index contributed by atoms with van der Waals surface area (Å²) in [6.07, 6.45) is 0. The van der Waals surface area contributed by atoms with Crippen molar-refractivity contribution in [2.45, 2.75) is 26.8 Å². The van der Waals surface area contributed by atoms with E-state index in [0.29, 0.717) is 18.4 Å². The Hall–Kier alpha value is -0.570. The van der Waals surface area contributed by atoms with Gasteiger partial charge in [0.2, 0.25) is 0 Å². The van der Waals surface area contributed by atoms with Crippen LogP contribution in [0.5, 0.6) is 0 Å². The molecule has 0 rings (SSSR count). The van der Waals surface area contributed by atoms with Crippen molar-refractivity contribution in [3.8, 4) is 0 Å². The molecule has 0 saturated heterocycles. The Morgan fingerprint density at radius 3 is 2.36 bits per heavy atom. The summed E-state index contributed by atoms with van der Waals surface area (Å²) in [6, 6.07) is 0.169. The third-order valence-electron chi connectivity index (χ3n) is 1.37. The average molecular weight is 158 g/mol. The molecule has 0 saturated carbocycles. The molecule has 0 amide bonds. The molecule has 1 atom stereocenters. The lowest BCUT2D eigenvalue weighted by molar-refractivity contribution is 0.185. The smallest absolute Gasteiger partial charge is 0.0967 e. The summed E-state index contributed by atoms with van der Waals surface area (Å²) in [5, 5.41) is 0. The lowest BCUT2D eigenvalue weighted by atomic mass is 10.2. The van der Waals surface area contributed by atoms with Gasteiger partial charge >= 0.3 is 0 Å². The third kappa shape index (κ3) is 4.79. The zero-order valence-corrected chi connectivity index (χ0v) is 7.79. The second-order valence-electron chi connectivity index (χ2n) is 3.01. The maximum atomic E-state index is 5.64. The van der Waals surface area contributed by atoms with Crippen LogP contribution >= 0.6 is 0 Å². The summed E-state index contributed by atoms with van der Waals surface area (Å²) in [6.45, 7) is 6.67. The number of rotatable bonds is 4. The minimum absolute atomic E-state index is 0.169. The maximum Gasteiger partial charge on any atom is 0.0967 e. The zero-order valence-electron chi connectivity index (χ0n) is 7.79. The van der Waals surface area contributed by atoms with Crippen molar-refractivity contribution in [2.24, 2.45) is 16.6 Å². The van der Waals surface area contributed by atoms with Crippen molar-refractivity contribution in [1.82, 2.24) is 0 Å². The first-order valence-electron chi connectivity index (χ1n) is 3.90. The van der Waals surface area contributed by atoms with Crippen LogP contribution in [0.25, 0.3) is 0 Å². The summed E-state index contributed by atoms with van der Waals surface area (Å²) in [7, 11) is 1.66. The number of nitrogens with two attached hydrogens (primary N) is 1. The molecule has 0 aromatic carbocycles. The Balaban J connectivity index is 3.86. The molecule has 66 valence electrons. The average Bonchev–Trinajstić information content (AvgIpc) is 1.87. The van der Waals surface area contributed by atoms with E-state index in [-0.39, 0.29) is 6.04 Å². The van der Waals surface area contributed by atoms with Crippen LogP contribution in [0.15, 0.2) is 4.99 Å². The van der Waals surface area contributed by atoms with Crippen LogP contribution in [-0.2, 0) is 4.74 Å². The number of amidine groups is 1. The highest BCUT2D eigenvalue weighted by Gasteiger charge is 2.02. The van der Waals surface area contributed by atoms with Crippen molar-refractivity contribution in [1.29, 1.82) is 0 Å². The van der Waals surface area contributed by atoms with Gasteiger partial charge in [0, 0.05) is 13.0 Å². The Kier molecular flexibility index (Phi) is 4.86.